The highest BCUT2D eigenvalue weighted by Gasteiger charge is 2.44. The first-order valence-electron chi connectivity index (χ1n) is 13.6. The van der Waals surface area contributed by atoms with E-state index in [1.807, 2.05) is 47.4 Å². The van der Waals surface area contributed by atoms with E-state index in [2.05, 4.69) is 48.2 Å². The number of aliphatic hydroxyl groups is 1. The number of hydrogen-bond donors (Lipinski definition) is 1. The Morgan fingerprint density at radius 1 is 0.946 bits per heavy atom. The maximum atomic E-state index is 13.9. The van der Waals surface area contributed by atoms with E-state index >= 15 is 0 Å². The Labute approximate surface area is 220 Å². The zero-order valence-electron chi connectivity index (χ0n) is 22.0. The lowest BCUT2D eigenvalue weighted by Crippen LogP contribution is -2.57. The fraction of sp³-hybridized carbons (Fsp3) is 0.406. The molecule has 5 rings (SSSR count). The zero-order valence-corrected chi connectivity index (χ0v) is 22.0. The number of hydrogen-bond acceptors (Lipinski definition) is 4. The highest BCUT2D eigenvalue weighted by atomic mass is 16.5. The van der Waals surface area contributed by atoms with Gasteiger partial charge in [0, 0.05) is 36.4 Å². The molecule has 3 aromatic rings. The summed E-state index contributed by atoms with van der Waals surface area (Å²) in [5.74, 6) is 0.682. The van der Waals surface area contributed by atoms with Gasteiger partial charge in [0.05, 0.1) is 7.11 Å². The van der Waals surface area contributed by atoms with E-state index in [0.29, 0.717) is 11.3 Å². The van der Waals surface area contributed by atoms with Crippen molar-refractivity contribution in [3.05, 3.63) is 95.6 Å². The standard InChI is InChI=1S/C32H38N2O3/c1-24-14-16-27(17-15-24)34(31(35)25-9-8-12-29(23-25)37-2)28-18-21-33(22-19-28)30-13-6-7-20-32(30,36)26-10-4-3-5-11-26/h3-5,8-12,14-17,23,28,30,36H,6-7,13,18-22H2,1-2H3/t30-,32+/m1/s1. The van der Waals surface area contributed by atoms with Gasteiger partial charge in [-0.1, -0.05) is 66.9 Å². The number of aryl methyl sites for hydroxylation is 1. The Hall–Kier alpha value is -3.15. The number of ether oxygens (including phenoxy) is 1. The molecule has 0 aromatic heterocycles. The summed E-state index contributed by atoms with van der Waals surface area (Å²) in [5, 5.41) is 11.9. The number of benzene rings is 3. The number of carbonyl (C=O) groups excluding carboxylic acids is 1. The van der Waals surface area contributed by atoms with Crippen LogP contribution in [0, 0.1) is 6.92 Å². The molecule has 5 nitrogen and oxygen atoms in total. The molecule has 0 spiro atoms. The molecule has 1 N–H and O–H groups in total. The number of rotatable bonds is 6. The van der Waals surface area contributed by atoms with Crippen LogP contribution in [0.3, 0.4) is 0 Å². The van der Waals surface area contributed by atoms with Gasteiger partial charge in [-0.25, -0.2) is 0 Å². The minimum absolute atomic E-state index is 0.000315. The largest absolute Gasteiger partial charge is 0.497 e. The molecule has 1 amide bonds. The minimum atomic E-state index is -0.820. The van der Waals surface area contributed by atoms with Crippen LogP contribution in [0.5, 0.6) is 5.75 Å². The number of piperidine rings is 1. The van der Waals surface area contributed by atoms with Crippen LogP contribution in [-0.4, -0.2) is 48.2 Å². The van der Waals surface area contributed by atoms with Crippen LogP contribution in [0.15, 0.2) is 78.9 Å². The van der Waals surface area contributed by atoms with E-state index in [1.165, 1.54) is 5.56 Å². The molecule has 1 saturated heterocycles. The second kappa shape index (κ2) is 11.1. The Kier molecular flexibility index (Phi) is 7.63. The Bertz CT molecular complexity index is 1190. The van der Waals surface area contributed by atoms with Crippen LogP contribution in [0.4, 0.5) is 5.69 Å². The predicted octanol–water partition coefficient (Wildman–Crippen LogP) is 5.95. The van der Waals surface area contributed by atoms with E-state index < -0.39 is 5.60 Å². The first kappa shape index (κ1) is 25.5. The van der Waals surface area contributed by atoms with Crippen LogP contribution in [0.1, 0.15) is 60.0 Å². The first-order chi connectivity index (χ1) is 18.0. The molecule has 3 aromatic carbocycles. The van der Waals surface area contributed by atoms with Crippen LogP contribution >= 0.6 is 0 Å². The lowest BCUT2D eigenvalue weighted by Gasteiger charge is -2.49. The number of methoxy groups -OCH3 is 1. The fourth-order valence-corrected chi connectivity index (χ4v) is 6.24. The number of anilines is 1. The molecule has 2 atom stereocenters. The van der Waals surface area contributed by atoms with Crippen molar-refractivity contribution in [2.45, 2.75) is 63.1 Å². The van der Waals surface area contributed by atoms with Gasteiger partial charge in [0.15, 0.2) is 0 Å². The summed E-state index contributed by atoms with van der Waals surface area (Å²) >= 11 is 0. The van der Waals surface area contributed by atoms with E-state index in [4.69, 9.17) is 4.74 Å². The molecular weight excluding hydrogens is 460 g/mol. The van der Waals surface area contributed by atoms with Gasteiger partial charge in [0.2, 0.25) is 0 Å². The minimum Gasteiger partial charge on any atom is -0.497 e. The van der Waals surface area contributed by atoms with E-state index in [1.54, 1.807) is 7.11 Å². The van der Waals surface area contributed by atoms with Gasteiger partial charge in [0.1, 0.15) is 11.4 Å². The van der Waals surface area contributed by atoms with Gasteiger partial charge in [-0.3, -0.25) is 9.69 Å². The molecule has 1 aliphatic heterocycles. The maximum Gasteiger partial charge on any atom is 0.258 e. The van der Waals surface area contributed by atoms with Crippen molar-refractivity contribution in [2.75, 3.05) is 25.1 Å². The van der Waals surface area contributed by atoms with Crippen LogP contribution in [0.25, 0.3) is 0 Å². The summed E-state index contributed by atoms with van der Waals surface area (Å²) in [6, 6.07) is 26.0. The van der Waals surface area contributed by atoms with Crippen LogP contribution in [0.2, 0.25) is 0 Å². The first-order valence-corrected chi connectivity index (χ1v) is 13.6. The normalized spacial score (nSPS) is 22.9. The summed E-state index contributed by atoms with van der Waals surface area (Å²) in [5.41, 5.74) is 2.93. The smallest absolute Gasteiger partial charge is 0.258 e. The molecule has 1 heterocycles. The molecule has 194 valence electrons. The molecule has 1 aliphatic carbocycles. The van der Waals surface area contributed by atoms with Gasteiger partial charge < -0.3 is 14.7 Å². The lowest BCUT2D eigenvalue weighted by atomic mass is 9.74. The summed E-state index contributed by atoms with van der Waals surface area (Å²) < 4.78 is 5.39. The Morgan fingerprint density at radius 2 is 1.68 bits per heavy atom. The lowest BCUT2D eigenvalue weighted by molar-refractivity contribution is -0.0850. The highest BCUT2D eigenvalue weighted by molar-refractivity contribution is 6.06. The number of amides is 1. The third-order valence-electron chi connectivity index (χ3n) is 8.26. The average molecular weight is 499 g/mol. The third-order valence-corrected chi connectivity index (χ3v) is 8.26. The van der Waals surface area contributed by atoms with Crippen molar-refractivity contribution in [2.24, 2.45) is 0 Å². The quantitative estimate of drug-likeness (QED) is 0.457. The predicted molar refractivity (Wildman–Crippen MR) is 148 cm³/mol. The second-order valence-corrected chi connectivity index (χ2v) is 10.6. The number of carbonyl (C=O) groups is 1. The van der Waals surface area contributed by atoms with Crippen molar-refractivity contribution in [3.63, 3.8) is 0 Å². The summed E-state index contributed by atoms with van der Waals surface area (Å²) in [6.07, 6.45) is 5.72. The molecule has 1 saturated carbocycles. The molecular formula is C32H38N2O3. The number of nitrogens with zero attached hydrogens (tertiary/aromatic N) is 2. The Morgan fingerprint density at radius 3 is 2.38 bits per heavy atom. The molecule has 0 bridgehead atoms. The molecule has 2 fully saturated rings. The van der Waals surface area contributed by atoms with Crippen LogP contribution < -0.4 is 9.64 Å². The van der Waals surface area contributed by atoms with Crippen molar-refractivity contribution >= 4 is 11.6 Å². The fourth-order valence-electron chi connectivity index (χ4n) is 6.24. The Balaban J connectivity index is 1.38. The van der Waals surface area contributed by atoms with Gasteiger partial charge in [-0.2, -0.15) is 0 Å². The average Bonchev–Trinajstić information content (AvgIpc) is 2.95. The summed E-state index contributed by atoms with van der Waals surface area (Å²) in [7, 11) is 1.62. The van der Waals surface area contributed by atoms with Crippen molar-refractivity contribution in [3.8, 4) is 5.75 Å². The molecule has 0 unspecified atom stereocenters. The van der Waals surface area contributed by atoms with E-state index in [0.717, 1.165) is 62.9 Å². The van der Waals surface area contributed by atoms with Crippen molar-refractivity contribution < 1.29 is 14.6 Å². The molecule has 2 aliphatic rings. The highest BCUT2D eigenvalue weighted by Crippen LogP contribution is 2.41. The zero-order chi connectivity index (χ0) is 25.8. The third kappa shape index (κ3) is 5.29. The topological polar surface area (TPSA) is 53.0 Å². The van der Waals surface area contributed by atoms with E-state index in [-0.39, 0.29) is 18.0 Å². The monoisotopic (exact) mass is 498 g/mol. The molecule has 37 heavy (non-hydrogen) atoms. The summed E-state index contributed by atoms with van der Waals surface area (Å²) in [6.45, 7) is 3.78. The molecule has 0 radical (unpaired) electrons. The molecule has 5 heteroatoms. The van der Waals surface area contributed by atoms with Crippen molar-refractivity contribution in [1.82, 2.24) is 4.90 Å². The van der Waals surface area contributed by atoms with Crippen LogP contribution in [-0.2, 0) is 5.60 Å². The van der Waals surface area contributed by atoms with Gasteiger partial charge in [-0.05, 0) is 68.5 Å². The maximum absolute atomic E-state index is 13.9. The second-order valence-electron chi connectivity index (χ2n) is 10.6. The number of likely N-dealkylation sites (tertiary alicyclic amines) is 1. The van der Waals surface area contributed by atoms with Gasteiger partial charge in [0.25, 0.3) is 5.91 Å². The van der Waals surface area contributed by atoms with Gasteiger partial charge >= 0.3 is 0 Å². The van der Waals surface area contributed by atoms with E-state index in [9.17, 15) is 9.90 Å². The summed E-state index contributed by atoms with van der Waals surface area (Å²) in [4.78, 5) is 18.3. The van der Waals surface area contributed by atoms with Gasteiger partial charge in [-0.15, -0.1) is 0 Å². The van der Waals surface area contributed by atoms with Crippen molar-refractivity contribution in [1.29, 1.82) is 0 Å². The SMILES string of the molecule is COc1cccc(C(=O)N(c2ccc(C)cc2)C2CCN([C@@H]3CCCC[C@]3(O)c3ccccc3)CC2)c1.